The van der Waals surface area contributed by atoms with E-state index in [9.17, 15) is 26.4 Å². The number of benzene rings is 1. The first-order chi connectivity index (χ1) is 18.2. The van der Waals surface area contributed by atoms with E-state index >= 15 is 0 Å². The van der Waals surface area contributed by atoms with Crippen molar-refractivity contribution in [1.82, 2.24) is 9.97 Å². The summed E-state index contributed by atoms with van der Waals surface area (Å²) in [7, 11) is -3.80. The molecule has 3 aromatic rings. The second-order valence-corrected chi connectivity index (χ2v) is 11.6. The highest BCUT2D eigenvalue weighted by Crippen LogP contribution is 2.36. The van der Waals surface area contributed by atoms with Gasteiger partial charge >= 0.3 is 12.1 Å². The van der Waals surface area contributed by atoms with E-state index in [4.69, 9.17) is 9.90 Å². The Bertz CT molecular complexity index is 1450. The topological polar surface area (TPSA) is 138 Å². The molecule has 9 nitrogen and oxygen atoms in total. The lowest BCUT2D eigenvalue weighted by Crippen LogP contribution is -2.21. The van der Waals surface area contributed by atoms with Gasteiger partial charge in [-0.2, -0.15) is 13.2 Å². The maximum atomic E-state index is 13.1. The van der Waals surface area contributed by atoms with Crippen LogP contribution in [0.3, 0.4) is 0 Å². The summed E-state index contributed by atoms with van der Waals surface area (Å²) in [6, 6.07) is 8.76. The van der Waals surface area contributed by atoms with Crippen LogP contribution in [0.25, 0.3) is 10.4 Å². The number of alkyl halides is 3. The number of aryl methyl sites for hydroxylation is 3. The third kappa shape index (κ3) is 7.99. The number of nitrogens with one attached hydrogen (secondary N) is 2. The van der Waals surface area contributed by atoms with E-state index in [1.165, 1.54) is 17.5 Å². The minimum Gasteiger partial charge on any atom is -0.475 e. The summed E-state index contributed by atoms with van der Waals surface area (Å²) in [6.07, 6.45) is 0.442. The van der Waals surface area contributed by atoms with Crippen LogP contribution in [0.15, 0.2) is 41.4 Å². The second-order valence-electron chi connectivity index (χ2n) is 8.98. The summed E-state index contributed by atoms with van der Waals surface area (Å²) >= 11 is 1.36. The average molecular weight is 585 g/mol. The number of carboxylic acids is 1. The summed E-state index contributed by atoms with van der Waals surface area (Å²) in [5.74, 6) is -2.68. The van der Waals surface area contributed by atoms with E-state index in [0.29, 0.717) is 16.4 Å². The highest BCUT2D eigenvalue weighted by molar-refractivity contribution is 7.92. The summed E-state index contributed by atoms with van der Waals surface area (Å²) in [4.78, 5) is 31.0. The van der Waals surface area contributed by atoms with Crippen LogP contribution >= 0.6 is 11.3 Å². The van der Waals surface area contributed by atoms with Crippen LogP contribution in [-0.4, -0.2) is 41.5 Å². The monoisotopic (exact) mass is 584 g/mol. The fraction of sp³-hybridized carbons (Fsp3) is 0.360. The van der Waals surface area contributed by atoms with Gasteiger partial charge in [0.15, 0.2) is 5.13 Å². The lowest BCUT2D eigenvalue weighted by Gasteiger charge is -2.12. The van der Waals surface area contributed by atoms with Gasteiger partial charge in [-0.3, -0.25) is 14.5 Å². The molecule has 1 amide bonds. The highest BCUT2D eigenvalue weighted by atomic mass is 32.2. The van der Waals surface area contributed by atoms with Gasteiger partial charge in [-0.05, 0) is 62.9 Å². The molecule has 0 bridgehead atoms. The van der Waals surface area contributed by atoms with Crippen LogP contribution < -0.4 is 10.0 Å². The van der Waals surface area contributed by atoms with Gasteiger partial charge in [0, 0.05) is 11.6 Å². The number of sulfonamides is 1. The molecule has 0 aliphatic heterocycles. The number of amides is 1. The van der Waals surface area contributed by atoms with Crippen LogP contribution in [0.2, 0.25) is 0 Å². The molecule has 2 heterocycles. The van der Waals surface area contributed by atoms with Gasteiger partial charge < -0.3 is 10.4 Å². The third-order valence-electron chi connectivity index (χ3n) is 5.90. The molecule has 1 aliphatic rings. The quantitative estimate of drug-likeness (QED) is 0.338. The van der Waals surface area contributed by atoms with Crippen LogP contribution in [0, 0.1) is 26.7 Å². The van der Waals surface area contributed by atoms with Crippen molar-refractivity contribution in [1.29, 1.82) is 0 Å². The molecule has 39 heavy (non-hydrogen) atoms. The fourth-order valence-corrected chi connectivity index (χ4v) is 6.16. The zero-order chi connectivity index (χ0) is 29.0. The number of halogens is 3. The van der Waals surface area contributed by atoms with Gasteiger partial charge in [0.25, 0.3) is 10.0 Å². The first-order valence-electron chi connectivity index (χ1n) is 11.8. The van der Waals surface area contributed by atoms with E-state index in [2.05, 4.69) is 20.0 Å². The number of aliphatic carboxylic acids is 1. The summed E-state index contributed by atoms with van der Waals surface area (Å²) < 4.78 is 60.5. The number of carbonyl (C=O) groups is 2. The first kappa shape index (κ1) is 30.0. The number of thiazole rings is 1. The molecule has 14 heteroatoms. The highest BCUT2D eigenvalue weighted by Gasteiger charge is 2.38. The number of carbonyl (C=O) groups excluding carboxylic acids is 1. The van der Waals surface area contributed by atoms with Gasteiger partial charge in [0.05, 0.1) is 27.4 Å². The van der Waals surface area contributed by atoms with Gasteiger partial charge in [-0.15, -0.1) is 0 Å². The van der Waals surface area contributed by atoms with Crippen molar-refractivity contribution in [2.24, 2.45) is 5.92 Å². The number of nitrogens with zero attached hydrogens (tertiary/aromatic N) is 2. The second kappa shape index (κ2) is 12.1. The molecular weight excluding hydrogens is 557 g/mol. The number of hydrogen-bond acceptors (Lipinski definition) is 7. The number of hydrogen-bond donors (Lipinski definition) is 3. The van der Waals surface area contributed by atoms with Crippen molar-refractivity contribution >= 4 is 44.1 Å². The van der Waals surface area contributed by atoms with Crippen LogP contribution in [0.5, 0.6) is 0 Å². The van der Waals surface area contributed by atoms with Gasteiger partial charge in [-0.1, -0.05) is 36.3 Å². The number of rotatable bonds is 6. The molecule has 210 valence electrons. The normalized spacial score (nSPS) is 13.9. The fourth-order valence-electron chi connectivity index (χ4n) is 3.88. The molecule has 1 fully saturated rings. The Hall–Kier alpha value is -3.52. The number of pyridine rings is 1. The predicted octanol–water partition coefficient (Wildman–Crippen LogP) is 5.69. The lowest BCUT2D eigenvalue weighted by molar-refractivity contribution is -0.192. The standard InChI is InChI=1S/C23H26N4O3S2.C2HF3O2/c1-14-8-10-18(12-20(14)32(29,30)27-19-11-9-15(2)24-13-19)21-16(3)25-23(31-21)26-22(28)17-6-4-5-7-17;3-2(4,5)1(6)7/h8-13,17,27H,4-7H2,1-3H3,(H,25,26,28);(H,6,7). The predicted molar refractivity (Wildman–Crippen MR) is 141 cm³/mol. The van der Waals surface area contributed by atoms with E-state index in [-0.39, 0.29) is 16.7 Å². The number of aromatic nitrogens is 2. The number of anilines is 2. The Morgan fingerprint density at radius 3 is 2.28 bits per heavy atom. The molecule has 3 N–H and O–H groups in total. The van der Waals surface area contributed by atoms with E-state index < -0.39 is 22.2 Å². The van der Waals surface area contributed by atoms with Gasteiger partial charge in [0.1, 0.15) is 0 Å². The zero-order valence-electron chi connectivity index (χ0n) is 21.3. The smallest absolute Gasteiger partial charge is 0.475 e. The van der Waals surface area contributed by atoms with Crippen molar-refractivity contribution in [2.45, 2.75) is 57.5 Å². The Morgan fingerprint density at radius 2 is 1.72 bits per heavy atom. The maximum absolute atomic E-state index is 13.1. The molecule has 2 aromatic heterocycles. The lowest BCUT2D eigenvalue weighted by atomic mass is 10.1. The van der Waals surface area contributed by atoms with Crippen molar-refractivity contribution in [3.8, 4) is 10.4 Å². The SMILES string of the molecule is Cc1ccc(NS(=O)(=O)c2cc(-c3sc(NC(=O)C4CCCC4)nc3C)ccc2C)cn1.O=C(O)C(F)(F)F. The van der Waals surface area contributed by atoms with Crippen LogP contribution in [-0.2, 0) is 19.6 Å². The zero-order valence-corrected chi connectivity index (χ0v) is 22.9. The van der Waals surface area contributed by atoms with E-state index in [0.717, 1.165) is 47.5 Å². The molecule has 0 unspecified atom stereocenters. The molecule has 0 atom stereocenters. The largest absolute Gasteiger partial charge is 0.490 e. The maximum Gasteiger partial charge on any atom is 0.490 e. The van der Waals surface area contributed by atoms with Crippen molar-refractivity contribution < 1.29 is 36.3 Å². The summed E-state index contributed by atoms with van der Waals surface area (Å²) in [6.45, 7) is 5.47. The Kier molecular flexibility index (Phi) is 9.33. The van der Waals surface area contributed by atoms with Gasteiger partial charge in [-0.25, -0.2) is 18.2 Å². The molecule has 4 rings (SSSR count). The molecule has 0 saturated heterocycles. The molecule has 0 radical (unpaired) electrons. The Morgan fingerprint density at radius 1 is 1.08 bits per heavy atom. The molecule has 0 spiro atoms. The van der Waals surface area contributed by atoms with Gasteiger partial charge in [0.2, 0.25) is 5.91 Å². The summed E-state index contributed by atoms with van der Waals surface area (Å²) in [5.41, 5.74) is 3.35. The average Bonchev–Trinajstić information content (AvgIpc) is 3.51. The number of carboxylic acid groups (broad SMARTS) is 1. The molecule has 1 aromatic carbocycles. The Labute approximate surface area is 227 Å². The summed E-state index contributed by atoms with van der Waals surface area (Å²) in [5, 5.41) is 10.6. The minimum absolute atomic E-state index is 0.0193. The Balaban J connectivity index is 0.000000532. The van der Waals surface area contributed by atoms with Crippen molar-refractivity contribution in [2.75, 3.05) is 10.0 Å². The van der Waals surface area contributed by atoms with Crippen molar-refractivity contribution in [3.63, 3.8) is 0 Å². The third-order valence-corrected chi connectivity index (χ3v) is 8.54. The minimum atomic E-state index is -5.08. The molecular formula is C25H27F3N4O5S2. The molecule has 1 saturated carbocycles. The van der Waals surface area contributed by atoms with E-state index in [1.807, 2.05) is 19.9 Å². The van der Waals surface area contributed by atoms with Crippen molar-refractivity contribution in [3.05, 3.63) is 53.5 Å². The van der Waals surface area contributed by atoms with Crippen LogP contribution in [0.1, 0.15) is 42.6 Å². The van der Waals surface area contributed by atoms with Crippen LogP contribution in [0.4, 0.5) is 24.0 Å². The first-order valence-corrected chi connectivity index (χ1v) is 14.1. The van der Waals surface area contributed by atoms with E-state index in [1.54, 1.807) is 31.2 Å². The molecule has 1 aliphatic carbocycles.